The fourth-order valence-electron chi connectivity index (χ4n) is 3.00. The number of aromatic nitrogens is 3. The molecule has 0 saturated carbocycles. The first-order valence-corrected chi connectivity index (χ1v) is 15.3. The van der Waals surface area contributed by atoms with Gasteiger partial charge in [0.05, 0.1) is 30.3 Å². The topological polar surface area (TPSA) is 79.1 Å². The molecule has 0 radical (unpaired) electrons. The van der Waals surface area contributed by atoms with Gasteiger partial charge in [-0.15, -0.1) is 35.9 Å². The highest BCUT2D eigenvalue weighted by Gasteiger charge is 2.05. The normalized spacial score (nSPS) is 10.4. The van der Waals surface area contributed by atoms with Gasteiger partial charge in [0.1, 0.15) is 0 Å². The van der Waals surface area contributed by atoms with Crippen LogP contribution in [0, 0.1) is 13.8 Å². The molecule has 0 spiro atoms. The molecule has 5 nitrogen and oxygen atoms in total. The standard InChI is InChI=1S/C16H20N2OS2.C10H15NOS2.ClH/c1-13-15(11-19)18-8-6-16(13)21-10-4-9-20-12-14-5-2-3-7-17-14;1-8-9(7-12)11-4-3-10(8)14-6-2-5-13;/h2-3,5-8,19H,4,9-12H2,1H3;3-4,12-13H,2,5-7H2,1H3;1H. The number of thiol groups is 1. The summed E-state index contributed by atoms with van der Waals surface area (Å²) in [4.78, 5) is 15.0. The molecule has 0 saturated heterocycles. The Bertz CT molecular complexity index is 1000. The lowest BCUT2D eigenvalue weighted by molar-refractivity contribution is 0.275. The van der Waals surface area contributed by atoms with Gasteiger partial charge in [-0.25, -0.2) is 0 Å². The van der Waals surface area contributed by atoms with E-state index < -0.39 is 0 Å². The minimum Gasteiger partial charge on any atom is -0.390 e. The summed E-state index contributed by atoms with van der Waals surface area (Å²) >= 11 is 9.74. The van der Waals surface area contributed by atoms with E-state index in [4.69, 9.17) is 5.11 Å². The van der Waals surface area contributed by atoms with Crippen LogP contribution in [0.4, 0.5) is 0 Å². The van der Waals surface area contributed by atoms with Crippen LogP contribution in [0.2, 0.25) is 0 Å². The number of hydrogen-bond donors (Lipinski definition) is 3. The predicted molar refractivity (Wildman–Crippen MR) is 162 cm³/mol. The van der Waals surface area contributed by atoms with Gasteiger partial charge in [0.2, 0.25) is 0 Å². The van der Waals surface area contributed by atoms with Gasteiger partial charge in [0.25, 0.3) is 0 Å². The summed E-state index contributed by atoms with van der Waals surface area (Å²) in [6, 6.07) is 10.1. The van der Waals surface area contributed by atoms with Crippen LogP contribution in [-0.2, 0) is 19.0 Å². The minimum atomic E-state index is 0. The van der Waals surface area contributed by atoms with Gasteiger partial charge in [0, 0.05) is 34.1 Å². The zero-order chi connectivity index (χ0) is 25.3. The summed E-state index contributed by atoms with van der Waals surface area (Å²) in [6.07, 6.45) is 7.64. The van der Waals surface area contributed by atoms with E-state index in [0.717, 1.165) is 63.4 Å². The van der Waals surface area contributed by atoms with Crippen molar-refractivity contribution >= 4 is 60.3 Å². The average molecular weight is 586 g/mol. The van der Waals surface area contributed by atoms with E-state index in [1.54, 1.807) is 24.2 Å². The fraction of sp³-hybridized carbons (Fsp3) is 0.423. The number of pyridine rings is 3. The van der Waals surface area contributed by atoms with Crippen LogP contribution >= 0.6 is 60.3 Å². The molecule has 3 heterocycles. The highest BCUT2D eigenvalue weighted by Crippen LogP contribution is 2.25. The number of nitrogens with zero attached hydrogens (tertiary/aromatic N) is 3. The molecule has 36 heavy (non-hydrogen) atoms. The van der Waals surface area contributed by atoms with E-state index in [0.29, 0.717) is 0 Å². The molecule has 0 aliphatic rings. The Morgan fingerprint density at radius 3 is 1.83 bits per heavy atom. The van der Waals surface area contributed by atoms with Crippen molar-refractivity contribution in [2.24, 2.45) is 0 Å². The first-order valence-electron chi connectivity index (χ1n) is 11.6. The van der Waals surface area contributed by atoms with Crippen molar-refractivity contribution in [1.82, 2.24) is 15.0 Å². The number of thioether (sulfide) groups is 3. The summed E-state index contributed by atoms with van der Waals surface area (Å²) in [6.45, 7) is 4.06. The third-order valence-corrected chi connectivity index (χ3v) is 8.93. The Kier molecular flexibility index (Phi) is 18.5. The van der Waals surface area contributed by atoms with Gasteiger partial charge in [-0.2, -0.15) is 24.4 Å². The lowest BCUT2D eigenvalue weighted by Crippen LogP contribution is -1.95. The Morgan fingerprint density at radius 2 is 1.33 bits per heavy atom. The Labute approximate surface area is 239 Å². The molecule has 2 N–H and O–H groups in total. The van der Waals surface area contributed by atoms with Gasteiger partial charge in [-0.3, -0.25) is 15.0 Å². The number of rotatable bonds is 13. The molecule has 198 valence electrons. The van der Waals surface area contributed by atoms with Crippen LogP contribution in [0.5, 0.6) is 0 Å². The Balaban J connectivity index is 0.000000379. The van der Waals surface area contributed by atoms with Crippen molar-refractivity contribution in [2.45, 2.75) is 55.4 Å². The molecule has 0 amide bonds. The molecule has 0 aliphatic heterocycles. The summed E-state index contributed by atoms with van der Waals surface area (Å²) < 4.78 is 0. The molecule has 3 aromatic heterocycles. The monoisotopic (exact) mass is 585 g/mol. The largest absolute Gasteiger partial charge is 0.390 e. The van der Waals surface area contributed by atoms with Crippen molar-refractivity contribution in [1.29, 1.82) is 0 Å². The number of aliphatic hydroxyl groups is 2. The molecule has 0 atom stereocenters. The van der Waals surface area contributed by atoms with E-state index in [1.165, 1.54) is 16.2 Å². The van der Waals surface area contributed by atoms with Crippen molar-refractivity contribution < 1.29 is 10.2 Å². The number of aliphatic hydroxyl groups excluding tert-OH is 2. The van der Waals surface area contributed by atoms with E-state index in [-0.39, 0.29) is 25.6 Å². The second-order valence-corrected chi connectivity index (χ2v) is 11.4. The van der Waals surface area contributed by atoms with Crippen molar-refractivity contribution in [3.8, 4) is 0 Å². The Morgan fingerprint density at radius 1 is 0.750 bits per heavy atom. The molecule has 0 bridgehead atoms. The third kappa shape index (κ3) is 12.1. The second-order valence-electron chi connectivity index (χ2n) is 7.58. The van der Waals surface area contributed by atoms with Crippen molar-refractivity contribution in [2.75, 3.05) is 23.0 Å². The first kappa shape index (κ1) is 33.1. The molecule has 10 heteroatoms. The van der Waals surface area contributed by atoms with Gasteiger partial charge in [-0.05, 0) is 85.1 Å². The zero-order valence-electron chi connectivity index (χ0n) is 20.8. The van der Waals surface area contributed by atoms with Gasteiger partial charge in [0.15, 0.2) is 0 Å². The quantitative estimate of drug-likeness (QED) is 0.121. The summed E-state index contributed by atoms with van der Waals surface area (Å²) in [5.41, 5.74) is 4.91. The first-order chi connectivity index (χ1) is 17.1. The van der Waals surface area contributed by atoms with Crippen LogP contribution in [0.3, 0.4) is 0 Å². The fourth-order valence-corrected chi connectivity index (χ4v) is 6.43. The maximum Gasteiger partial charge on any atom is 0.0856 e. The SMILES string of the molecule is Cc1c(SCCCS)ccnc1CO.Cc1c(SCCCSCc2ccccn2)ccnc1CO.Cl. The Hall–Kier alpha value is -0.940. The minimum absolute atomic E-state index is 0. The molecule has 3 aromatic rings. The maximum atomic E-state index is 9.21. The molecule has 0 fully saturated rings. The zero-order valence-corrected chi connectivity index (χ0v) is 25.0. The van der Waals surface area contributed by atoms with E-state index >= 15 is 0 Å². The molecular weight excluding hydrogens is 550 g/mol. The van der Waals surface area contributed by atoms with Crippen LogP contribution in [-0.4, -0.2) is 48.2 Å². The van der Waals surface area contributed by atoms with Crippen LogP contribution in [0.25, 0.3) is 0 Å². The highest BCUT2D eigenvalue weighted by molar-refractivity contribution is 8.00. The number of hydrogen-bond acceptors (Lipinski definition) is 9. The van der Waals surface area contributed by atoms with Crippen LogP contribution in [0.15, 0.2) is 58.7 Å². The lowest BCUT2D eigenvalue weighted by Gasteiger charge is -2.08. The lowest BCUT2D eigenvalue weighted by atomic mass is 10.2. The number of halogens is 1. The second kappa shape index (κ2) is 20.1. The van der Waals surface area contributed by atoms with E-state index in [2.05, 4.69) is 33.6 Å². The molecule has 0 aliphatic carbocycles. The average Bonchev–Trinajstić information content (AvgIpc) is 2.89. The summed E-state index contributed by atoms with van der Waals surface area (Å²) in [5.74, 6) is 5.20. The maximum absolute atomic E-state index is 9.21. The van der Waals surface area contributed by atoms with Crippen LogP contribution < -0.4 is 0 Å². The smallest absolute Gasteiger partial charge is 0.0856 e. The van der Waals surface area contributed by atoms with Crippen LogP contribution in [0.1, 0.15) is 41.1 Å². The van der Waals surface area contributed by atoms with Gasteiger partial charge >= 0.3 is 0 Å². The van der Waals surface area contributed by atoms with Gasteiger partial charge < -0.3 is 10.2 Å². The summed E-state index contributed by atoms with van der Waals surface area (Å²) in [5, 5.41) is 18.2. The highest BCUT2D eigenvalue weighted by atomic mass is 35.5. The van der Waals surface area contributed by atoms with E-state index in [1.807, 2.05) is 67.8 Å². The van der Waals surface area contributed by atoms with Gasteiger partial charge in [-0.1, -0.05) is 6.07 Å². The predicted octanol–water partition coefficient (Wildman–Crippen LogP) is 6.41. The molecular formula is C26H36ClN3O2S4. The molecule has 0 aromatic carbocycles. The molecule has 3 rings (SSSR count). The summed E-state index contributed by atoms with van der Waals surface area (Å²) in [7, 11) is 0. The molecule has 0 unspecified atom stereocenters. The third-order valence-electron chi connectivity index (χ3n) is 5.04. The van der Waals surface area contributed by atoms with E-state index in [9.17, 15) is 5.11 Å². The van der Waals surface area contributed by atoms with Crippen molar-refractivity contribution in [3.63, 3.8) is 0 Å². The van der Waals surface area contributed by atoms with Crippen molar-refractivity contribution in [3.05, 3.63) is 77.1 Å².